The maximum atomic E-state index is 5.57. The van der Waals surface area contributed by atoms with E-state index in [4.69, 9.17) is 16.3 Å². The van der Waals surface area contributed by atoms with Crippen LogP contribution in [-0.4, -0.2) is 6.61 Å². The predicted molar refractivity (Wildman–Crippen MR) is 59.4 cm³/mol. The Labute approximate surface area is 91.5 Å². The summed E-state index contributed by atoms with van der Waals surface area (Å²) in [6.45, 7) is 5.90. The maximum Gasteiger partial charge on any atom is 0.123 e. The Kier molecular flexibility index (Phi) is 3.82. The molecule has 0 bridgehead atoms. The number of benzene rings is 1. The Morgan fingerprint density at radius 1 is 1.62 bits per heavy atom. The third-order valence-electron chi connectivity index (χ3n) is 1.52. The van der Waals surface area contributed by atoms with Crippen LogP contribution in [0.4, 0.5) is 0 Å². The summed E-state index contributed by atoms with van der Waals surface area (Å²) >= 11 is 8.98. The molecule has 0 radical (unpaired) electrons. The van der Waals surface area contributed by atoms with Gasteiger partial charge in [0, 0.05) is 9.51 Å². The predicted octanol–water partition coefficient (Wildman–Crippen LogP) is 3.89. The average Bonchev–Trinajstić information content (AvgIpc) is 2.07. The van der Waals surface area contributed by atoms with Gasteiger partial charge in [0.25, 0.3) is 0 Å². The molecule has 0 unspecified atom stereocenters. The lowest BCUT2D eigenvalue weighted by atomic mass is 10.2. The first-order valence-corrected chi connectivity index (χ1v) is 4.99. The van der Waals surface area contributed by atoms with E-state index in [-0.39, 0.29) is 0 Å². The van der Waals surface area contributed by atoms with E-state index in [1.54, 1.807) is 0 Å². The number of hydrogen-bond donors (Lipinski definition) is 0. The van der Waals surface area contributed by atoms with Gasteiger partial charge in [0.15, 0.2) is 0 Å². The fourth-order valence-corrected chi connectivity index (χ4v) is 1.17. The topological polar surface area (TPSA) is 9.23 Å². The zero-order valence-electron chi connectivity index (χ0n) is 7.31. The summed E-state index contributed by atoms with van der Waals surface area (Å²) in [5, 5.41) is 0.501. The second-order valence-electron chi connectivity index (χ2n) is 2.72. The van der Waals surface area contributed by atoms with Gasteiger partial charge in [-0.25, -0.2) is 0 Å². The molecular formula is C10H10BrClO. The van der Waals surface area contributed by atoms with Crippen LogP contribution in [0.25, 0.3) is 0 Å². The molecule has 0 fully saturated rings. The van der Waals surface area contributed by atoms with Crippen molar-refractivity contribution in [2.24, 2.45) is 0 Å². The molecule has 0 amide bonds. The summed E-state index contributed by atoms with van der Waals surface area (Å²) in [5.41, 5.74) is 1.14. The zero-order chi connectivity index (χ0) is 9.84. The average molecular weight is 262 g/mol. The largest absolute Gasteiger partial charge is 0.488 e. The third-order valence-corrected chi connectivity index (χ3v) is 2.52. The van der Waals surface area contributed by atoms with Gasteiger partial charge in [-0.05, 0) is 30.7 Å². The summed E-state index contributed by atoms with van der Waals surface area (Å²) in [5.74, 6) is 0.808. The van der Waals surface area contributed by atoms with Gasteiger partial charge in [0.2, 0.25) is 0 Å². The molecule has 0 aromatic heterocycles. The Morgan fingerprint density at radius 2 is 2.31 bits per heavy atom. The quantitative estimate of drug-likeness (QED) is 0.802. The van der Waals surface area contributed by atoms with Crippen LogP contribution in [0.3, 0.4) is 0 Å². The van der Waals surface area contributed by atoms with Gasteiger partial charge >= 0.3 is 0 Å². The lowest BCUT2D eigenvalue weighted by Crippen LogP contribution is -1.96. The van der Waals surface area contributed by atoms with E-state index in [9.17, 15) is 0 Å². The van der Waals surface area contributed by atoms with Crippen molar-refractivity contribution < 1.29 is 4.74 Å². The molecule has 1 aromatic rings. The summed E-state index contributed by atoms with van der Waals surface area (Å²) in [7, 11) is 0. The second kappa shape index (κ2) is 4.68. The van der Waals surface area contributed by atoms with Crippen LogP contribution in [0.15, 0.2) is 34.3 Å². The Morgan fingerprint density at radius 3 is 2.85 bits per heavy atom. The first kappa shape index (κ1) is 10.6. The van der Waals surface area contributed by atoms with Gasteiger partial charge in [-0.1, -0.05) is 34.1 Å². The van der Waals surface area contributed by atoms with Gasteiger partial charge in [-0.3, -0.25) is 0 Å². The normalized spacial score (nSPS) is 9.77. The molecule has 0 N–H and O–H groups in total. The minimum Gasteiger partial charge on any atom is -0.488 e. The maximum absolute atomic E-state index is 5.57. The molecule has 0 aliphatic rings. The molecular weight excluding hydrogens is 251 g/mol. The van der Waals surface area contributed by atoms with Crippen LogP contribution in [0.5, 0.6) is 5.75 Å². The van der Waals surface area contributed by atoms with Crippen LogP contribution >= 0.6 is 27.5 Å². The van der Waals surface area contributed by atoms with Crippen LogP contribution in [-0.2, 0) is 0 Å². The molecule has 0 saturated carbocycles. The number of rotatable bonds is 3. The SMILES string of the molecule is C=C(Cl)COc1ccc(Br)c(C)c1. The highest BCUT2D eigenvalue weighted by molar-refractivity contribution is 9.10. The van der Waals surface area contributed by atoms with Crippen molar-refractivity contribution in [1.82, 2.24) is 0 Å². The van der Waals surface area contributed by atoms with Gasteiger partial charge in [-0.2, -0.15) is 0 Å². The molecule has 70 valence electrons. The van der Waals surface area contributed by atoms with Gasteiger partial charge in [0.05, 0.1) is 0 Å². The highest BCUT2D eigenvalue weighted by Crippen LogP contribution is 2.21. The summed E-state index contributed by atoms with van der Waals surface area (Å²) in [6.07, 6.45) is 0. The lowest BCUT2D eigenvalue weighted by Gasteiger charge is -2.06. The third kappa shape index (κ3) is 3.41. The molecule has 3 heteroatoms. The van der Waals surface area contributed by atoms with Gasteiger partial charge < -0.3 is 4.74 Å². The van der Waals surface area contributed by atoms with Gasteiger partial charge in [0.1, 0.15) is 12.4 Å². The van der Waals surface area contributed by atoms with E-state index < -0.39 is 0 Å². The molecule has 1 aromatic carbocycles. The number of aryl methyl sites for hydroxylation is 1. The summed E-state index contributed by atoms with van der Waals surface area (Å²) < 4.78 is 6.42. The van der Waals surface area contributed by atoms with Crippen molar-refractivity contribution in [2.75, 3.05) is 6.61 Å². The van der Waals surface area contributed by atoms with Crippen molar-refractivity contribution in [2.45, 2.75) is 6.92 Å². The smallest absolute Gasteiger partial charge is 0.123 e. The Balaban J connectivity index is 2.68. The van der Waals surface area contributed by atoms with E-state index in [0.717, 1.165) is 15.8 Å². The van der Waals surface area contributed by atoms with E-state index in [1.807, 2.05) is 25.1 Å². The molecule has 0 aliphatic heterocycles. The fourth-order valence-electron chi connectivity index (χ4n) is 0.869. The van der Waals surface area contributed by atoms with E-state index in [2.05, 4.69) is 22.5 Å². The first-order valence-electron chi connectivity index (χ1n) is 3.82. The molecule has 0 heterocycles. The summed E-state index contributed by atoms with van der Waals surface area (Å²) in [4.78, 5) is 0. The molecule has 13 heavy (non-hydrogen) atoms. The van der Waals surface area contributed by atoms with Crippen LogP contribution in [0, 0.1) is 6.92 Å². The Bertz CT molecular complexity index is 323. The van der Waals surface area contributed by atoms with Crippen molar-refractivity contribution >= 4 is 27.5 Å². The highest BCUT2D eigenvalue weighted by atomic mass is 79.9. The van der Waals surface area contributed by atoms with Crippen LogP contribution < -0.4 is 4.74 Å². The fraction of sp³-hybridized carbons (Fsp3) is 0.200. The number of ether oxygens (including phenoxy) is 1. The lowest BCUT2D eigenvalue weighted by molar-refractivity contribution is 0.359. The standard InChI is InChI=1S/C10H10BrClO/c1-7-5-9(3-4-10(7)11)13-6-8(2)12/h3-5H,2,6H2,1H3. The second-order valence-corrected chi connectivity index (χ2v) is 4.11. The molecule has 0 saturated heterocycles. The first-order chi connectivity index (χ1) is 6.09. The van der Waals surface area contributed by atoms with Crippen molar-refractivity contribution in [3.63, 3.8) is 0 Å². The van der Waals surface area contributed by atoms with Gasteiger partial charge in [-0.15, -0.1) is 0 Å². The minimum absolute atomic E-state index is 0.350. The van der Waals surface area contributed by atoms with Crippen molar-refractivity contribution in [1.29, 1.82) is 0 Å². The summed E-state index contributed by atoms with van der Waals surface area (Å²) in [6, 6.07) is 5.78. The van der Waals surface area contributed by atoms with Crippen molar-refractivity contribution in [3.05, 3.63) is 39.8 Å². The van der Waals surface area contributed by atoms with E-state index in [1.165, 1.54) is 0 Å². The monoisotopic (exact) mass is 260 g/mol. The molecule has 0 spiro atoms. The molecule has 1 rings (SSSR count). The molecule has 0 aliphatic carbocycles. The van der Waals surface area contributed by atoms with E-state index in [0.29, 0.717) is 11.6 Å². The van der Waals surface area contributed by atoms with E-state index >= 15 is 0 Å². The molecule has 1 nitrogen and oxygen atoms in total. The molecule has 0 atom stereocenters. The number of hydrogen-bond acceptors (Lipinski definition) is 1. The Hall–Kier alpha value is -0.470. The minimum atomic E-state index is 0.350. The van der Waals surface area contributed by atoms with Crippen molar-refractivity contribution in [3.8, 4) is 5.75 Å². The number of halogens is 2. The van der Waals surface area contributed by atoms with Crippen LogP contribution in [0.1, 0.15) is 5.56 Å². The van der Waals surface area contributed by atoms with Crippen LogP contribution in [0.2, 0.25) is 0 Å². The highest BCUT2D eigenvalue weighted by Gasteiger charge is 1.98. The zero-order valence-corrected chi connectivity index (χ0v) is 9.65.